The molecular weight excluding hydrogens is 405 g/mol. The van der Waals surface area contributed by atoms with E-state index in [1.54, 1.807) is 0 Å². The summed E-state index contributed by atoms with van der Waals surface area (Å²) in [5.41, 5.74) is -1.39. The Hall–Kier alpha value is -2.39. The first-order valence-corrected chi connectivity index (χ1v) is 10.6. The Kier molecular flexibility index (Phi) is 6.00. The van der Waals surface area contributed by atoms with Crippen LogP contribution in [0.25, 0.3) is 0 Å². The molecule has 0 saturated carbocycles. The lowest BCUT2D eigenvalue weighted by atomic mass is 10.0. The molecule has 3 rings (SSSR count). The minimum Gasteiger partial charge on any atom is -0.321 e. The zero-order chi connectivity index (χ0) is 21.2. The standard InChI is InChI=1S/C20H21F3N2O3S/c1-14-9-11-25(12-10-14)29(27,28)16-6-4-5-15(13-16)19(26)24-18-8-3-2-7-17(18)20(21,22)23/h2-8,13-14H,9-12H2,1H3,(H,24,26). The van der Waals surface area contributed by atoms with Crippen molar-refractivity contribution in [1.29, 1.82) is 0 Å². The number of rotatable bonds is 4. The molecule has 1 N–H and O–H groups in total. The number of amides is 1. The average molecular weight is 426 g/mol. The molecule has 0 unspecified atom stereocenters. The molecule has 1 heterocycles. The molecule has 1 aliphatic heterocycles. The van der Waals surface area contributed by atoms with Crippen LogP contribution in [0.3, 0.4) is 0 Å². The van der Waals surface area contributed by atoms with E-state index < -0.39 is 27.7 Å². The van der Waals surface area contributed by atoms with E-state index in [9.17, 15) is 26.4 Å². The highest BCUT2D eigenvalue weighted by Crippen LogP contribution is 2.34. The number of anilines is 1. The molecule has 1 amide bonds. The second kappa shape index (κ2) is 8.16. The molecule has 0 atom stereocenters. The van der Waals surface area contributed by atoms with Crippen LogP contribution in [-0.4, -0.2) is 31.7 Å². The maximum absolute atomic E-state index is 13.1. The number of nitrogens with one attached hydrogen (secondary N) is 1. The van der Waals surface area contributed by atoms with Crippen LogP contribution in [0.4, 0.5) is 18.9 Å². The molecule has 2 aromatic carbocycles. The molecular formula is C20H21F3N2O3S. The highest BCUT2D eigenvalue weighted by molar-refractivity contribution is 7.89. The van der Waals surface area contributed by atoms with E-state index in [2.05, 4.69) is 12.2 Å². The van der Waals surface area contributed by atoms with Crippen molar-refractivity contribution in [3.63, 3.8) is 0 Å². The zero-order valence-electron chi connectivity index (χ0n) is 15.7. The van der Waals surface area contributed by atoms with Crippen LogP contribution in [0, 0.1) is 5.92 Å². The van der Waals surface area contributed by atoms with Crippen molar-refractivity contribution in [2.75, 3.05) is 18.4 Å². The lowest BCUT2D eigenvalue weighted by molar-refractivity contribution is -0.136. The van der Waals surface area contributed by atoms with Gasteiger partial charge in [-0.25, -0.2) is 8.42 Å². The molecule has 5 nitrogen and oxygen atoms in total. The summed E-state index contributed by atoms with van der Waals surface area (Å²) in [6.07, 6.45) is -3.11. The molecule has 1 saturated heterocycles. The van der Waals surface area contributed by atoms with Crippen LogP contribution in [-0.2, 0) is 16.2 Å². The van der Waals surface area contributed by atoms with Gasteiger partial charge in [0.05, 0.1) is 16.1 Å². The Morgan fingerprint density at radius 1 is 1.07 bits per heavy atom. The second-order valence-corrected chi connectivity index (χ2v) is 9.05. The summed E-state index contributed by atoms with van der Waals surface area (Å²) in [5.74, 6) is -0.363. The highest BCUT2D eigenvalue weighted by atomic mass is 32.2. The van der Waals surface area contributed by atoms with Gasteiger partial charge in [0.15, 0.2) is 0 Å². The van der Waals surface area contributed by atoms with E-state index in [1.165, 1.54) is 40.7 Å². The number of benzene rings is 2. The van der Waals surface area contributed by atoms with Crippen molar-refractivity contribution in [2.45, 2.75) is 30.8 Å². The quantitative estimate of drug-likeness (QED) is 0.789. The molecule has 1 fully saturated rings. The minimum absolute atomic E-state index is 0.0339. The molecule has 0 aromatic heterocycles. The maximum atomic E-state index is 13.1. The third kappa shape index (κ3) is 4.79. The Labute approximate surface area is 167 Å². The fourth-order valence-electron chi connectivity index (χ4n) is 3.21. The van der Waals surface area contributed by atoms with Gasteiger partial charge in [-0.3, -0.25) is 4.79 Å². The van der Waals surface area contributed by atoms with Crippen LogP contribution in [0.15, 0.2) is 53.4 Å². The summed E-state index contributed by atoms with van der Waals surface area (Å²) in [6, 6.07) is 9.97. The van der Waals surface area contributed by atoms with E-state index in [-0.39, 0.29) is 16.1 Å². The molecule has 0 aliphatic carbocycles. The summed E-state index contributed by atoms with van der Waals surface area (Å²) >= 11 is 0. The van der Waals surface area contributed by atoms with E-state index in [4.69, 9.17) is 0 Å². The number of halogens is 3. The smallest absolute Gasteiger partial charge is 0.321 e. The van der Waals surface area contributed by atoms with Crippen molar-refractivity contribution < 1.29 is 26.4 Å². The first kappa shape index (κ1) is 21.3. The van der Waals surface area contributed by atoms with E-state index >= 15 is 0 Å². The Morgan fingerprint density at radius 3 is 2.38 bits per heavy atom. The van der Waals surface area contributed by atoms with Crippen molar-refractivity contribution in [3.05, 3.63) is 59.7 Å². The number of carbonyl (C=O) groups excluding carboxylic acids is 1. The Balaban J connectivity index is 1.84. The number of hydrogen-bond donors (Lipinski definition) is 1. The van der Waals surface area contributed by atoms with Gasteiger partial charge in [0.25, 0.3) is 5.91 Å². The maximum Gasteiger partial charge on any atom is 0.418 e. The molecule has 0 bridgehead atoms. The number of sulfonamides is 1. The van der Waals surface area contributed by atoms with Crippen LogP contribution >= 0.6 is 0 Å². The molecule has 0 radical (unpaired) electrons. The second-order valence-electron chi connectivity index (χ2n) is 7.11. The number of para-hydroxylation sites is 1. The summed E-state index contributed by atoms with van der Waals surface area (Å²) < 4.78 is 66.5. The molecule has 2 aromatic rings. The fourth-order valence-corrected chi connectivity index (χ4v) is 4.72. The Bertz CT molecular complexity index is 998. The number of nitrogens with zero attached hydrogens (tertiary/aromatic N) is 1. The predicted molar refractivity (Wildman–Crippen MR) is 103 cm³/mol. The number of piperidine rings is 1. The third-order valence-electron chi connectivity index (χ3n) is 4.96. The van der Waals surface area contributed by atoms with E-state index in [1.807, 2.05) is 0 Å². The van der Waals surface area contributed by atoms with Gasteiger partial charge in [0.2, 0.25) is 10.0 Å². The van der Waals surface area contributed by atoms with Gasteiger partial charge in [-0.05, 0) is 49.1 Å². The predicted octanol–water partition coefficient (Wildman–Crippen LogP) is 4.38. The van der Waals surface area contributed by atoms with Crippen molar-refractivity contribution in [1.82, 2.24) is 4.31 Å². The van der Waals surface area contributed by atoms with Crippen molar-refractivity contribution >= 4 is 21.6 Å². The van der Waals surface area contributed by atoms with E-state index in [0.717, 1.165) is 25.0 Å². The average Bonchev–Trinajstić information content (AvgIpc) is 2.68. The summed E-state index contributed by atoms with van der Waals surface area (Å²) in [4.78, 5) is 12.5. The van der Waals surface area contributed by atoms with Crippen molar-refractivity contribution in [3.8, 4) is 0 Å². The van der Waals surface area contributed by atoms with E-state index in [0.29, 0.717) is 19.0 Å². The first-order chi connectivity index (χ1) is 13.6. The first-order valence-electron chi connectivity index (χ1n) is 9.17. The summed E-state index contributed by atoms with van der Waals surface area (Å²) in [7, 11) is -3.77. The van der Waals surface area contributed by atoms with Crippen LogP contribution in [0.5, 0.6) is 0 Å². The Morgan fingerprint density at radius 2 is 1.72 bits per heavy atom. The SMILES string of the molecule is CC1CCN(S(=O)(=O)c2cccc(C(=O)Nc3ccccc3C(F)(F)F)c2)CC1. The van der Waals surface area contributed by atoms with Gasteiger partial charge >= 0.3 is 6.18 Å². The largest absolute Gasteiger partial charge is 0.418 e. The number of alkyl halides is 3. The van der Waals surface area contributed by atoms with Gasteiger partial charge in [-0.1, -0.05) is 25.1 Å². The number of carbonyl (C=O) groups is 1. The fraction of sp³-hybridized carbons (Fsp3) is 0.350. The molecule has 0 spiro atoms. The normalized spacial score (nSPS) is 16.6. The van der Waals surface area contributed by atoms with Crippen LogP contribution < -0.4 is 5.32 Å². The molecule has 9 heteroatoms. The minimum atomic E-state index is -4.62. The van der Waals surface area contributed by atoms with Gasteiger partial charge in [-0.15, -0.1) is 0 Å². The van der Waals surface area contributed by atoms with Crippen molar-refractivity contribution in [2.24, 2.45) is 5.92 Å². The summed E-state index contributed by atoms with van der Waals surface area (Å²) in [6.45, 7) is 2.87. The topological polar surface area (TPSA) is 66.5 Å². The third-order valence-corrected chi connectivity index (χ3v) is 6.85. The van der Waals surface area contributed by atoms with Gasteiger partial charge in [0.1, 0.15) is 0 Å². The highest BCUT2D eigenvalue weighted by Gasteiger charge is 2.34. The van der Waals surface area contributed by atoms with Crippen LogP contribution in [0.2, 0.25) is 0 Å². The van der Waals surface area contributed by atoms with Gasteiger partial charge in [0, 0.05) is 18.7 Å². The lowest BCUT2D eigenvalue weighted by Crippen LogP contribution is -2.37. The lowest BCUT2D eigenvalue weighted by Gasteiger charge is -2.29. The monoisotopic (exact) mass is 426 g/mol. The summed E-state index contributed by atoms with van der Waals surface area (Å²) in [5, 5.41) is 2.23. The van der Waals surface area contributed by atoms with Crippen LogP contribution in [0.1, 0.15) is 35.7 Å². The van der Waals surface area contributed by atoms with Gasteiger partial charge in [-0.2, -0.15) is 17.5 Å². The van der Waals surface area contributed by atoms with Gasteiger partial charge < -0.3 is 5.32 Å². The number of hydrogen-bond acceptors (Lipinski definition) is 3. The molecule has 156 valence electrons. The zero-order valence-corrected chi connectivity index (χ0v) is 16.6. The molecule has 1 aliphatic rings. The molecule has 29 heavy (non-hydrogen) atoms.